The van der Waals surface area contributed by atoms with Crippen LogP contribution in [0.3, 0.4) is 0 Å². The molecule has 0 atom stereocenters. The molecular weight excluding hydrogens is 235 g/mol. The van der Waals surface area contributed by atoms with Crippen molar-refractivity contribution in [1.82, 2.24) is 0 Å². The molecule has 4 heteroatoms. The van der Waals surface area contributed by atoms with Crippen molar-refractivity contribution in [1.29, 1.82) is 0 Å². The van der Waals surface area contributed by atoms with Gasteiger partial charge >= 0.3 is 0 Å². The van der Waals surface area contributed by atoms with E-state index >= 15 is 0 Å². The number of aldehydes is 1. The third-order valence-corrected chi connectivity index (χ3v) is 3.01. The Morgan fingerprint density at radius 2 is 2.17 bits per heavy atom. The summed E-state index contributed by atoms with van der Waals surface area (Å²) in [5.74, 6) is -0.0679. The Hall–Kier alpha value is -1.42. The lowest BCUT2D eigenvalue weighted by Gasteiger charge is -2.23. The Kier molecular flexibility index (Phi) is 4.70. The zero-order valence-electron chi connectivity index (χ0n) is 10.2. The van der Waals surface area contributed by atoms with E-state index in [2.05, 4.69) is 0 Å². The Balaban J connectivity index is 1.97. The van der Waals surface area contributed by atoms with E-state index in [0.717, 1.165) is 24.7 Å². The molecule has 1 aromatic carbocycles. The van der Waals surface area contributed by atoms with Gasteiger partial charge in [-0.3, -0.25) is 0 Å². The van der Waals surface area contributed by atoms with Crippen LogP contribution < -0.4 is 4.74 Å². The van der Waals surface area contributed by atoms with Crippen LogP contribution >= 0.6 is 0 Å². The predicted molar refractivity (Wildman–Crippen MR) is 65.3 cm³/mol. The summed E-state index contributed by atoms with van der Waals surface area (Å²) in [5.41, 5.74) is 0.818. The number of hydrogen-bond acceptors (Lipinski definition) is 3. The second-order valence-electron chi connectivity index (χ2n) is 4.40. The van der Waals surface area contributed by atoms with Crippen molar-refractivity contribution < 1.29 is 18.7 Å². The molecule has 0 unspecified atom stereocenters. The third kappa shape index (κ3) is 3.53. The standard InChI is InChI=1S/C14H17FO3/c15-13-10-11(2-1-7-16)3-4-14(13)18-12-5-8-17-9-6-12/h3-4,7,10,12H,1-2,5-6,8-9H2. The molecule has 0 spiro atoms. The minimum Gasteiger partial charge on any atom is -0.487 e. The third-order valence-electron chi connectivity index (χ3n) is 3.01. The van der Waals surface area contributed by atoms with E-state index in [1.54, 1.807) is 12.1 Å². The maximum Gasteiger partial charge on any atom is 0.165 e. The van der Waals surface area contributed by atoms with Gasteiger partial charge in [-0.25, -0.2) is 4.39 Å². The van der Waals surface area contributed by atoms with E-state index in [9.17, 15) is 9.18 Å². The van der Waals surface area contributed by atoms with E-state index in [0.29, 0.717) is 26.1 Å². The van der Waals surface area contributed by atoms with Gasteiger partial charge in [-0.1, -0.05) is 6.07 Å². The zero-order chi connectivity index (χ0) is 12.8. The molecule has 0 saturated carbocycles. The van der Waals surface area contributed by atoms with E-state index in [-0.39, 0.29) is 17.7 Å². The molecule has 2 rings (SSSR count). The summed E-state index contributed by atoms with van der Waals surface area (Å²) in [6.07, 6.45) is 3.45. The van der Waals surface area contributed by atoms with Crippen molar-refractivity contribution >= 4 is 6.29 Å². The molecule has 0 radical (unpaired) electrons. The fourth-order valence-corrected chi connectivity index (χ4v) is 1.99. The highest BCUT2D eigenvalue weighted by atomic mass is 19.1. The van der Waals surface area contributed by atoms with Gasteiger partial charge in [-0.05, 0) is 24.1 Å². The van der Waals surface area contributed by atoms with Crippen molar-refractivity contribution in [3.63, 3.8) is 0 Å². The average Bonchev–Trinajstić information content (AvgIpc) is 2.40. The highest BCUT2D eigenvalue weighted by Crippen LogP contribution is 2.23. The van der Waals surface area contributed by atoms with E-state index in [4.69, 9.17) is 9.47 Å². The molecule has 1 aromatic rings. The predicted octanol–water partition coefficient (Wildman–Crippen LogP) is 2.52. The van der Waals surface area contributed by atoms with Crippen LogP contribution in [0.25, 0.3) is 0 Å². The molecule has 0 N–H and O–H groups in total. The summed E-state index contributed by atoms with van der Waals surface area (Å²) in [6, 6.07) is 4.89. The minimum absolute atomic E-state index is 0.0362. The van der Waals surface area contributed by atoms with Crippen LogP contribution in [0.15, 0.2) is 18.2 Å². The van der Waals surface area contributed by atoms with E-state index < -0.39 is 0 Å². The molecule has 0 aliphatic carbocycles. The molecule has 0 bridgehead atoms. The normalized spacial score (nSPS) is 16.5. The topological polar surface area (TPSA) is 35.5 Å². The quantitative estimate of drug-likeness (QED) is 0.755. The summed E-state index contributed by atoms with van der Waals surface area (Å²) in [6.45, 7) is 1.34. The van der Waals surface area contributed by atoms with E-state index in [1.807, 2.05) is 0 Å². The number of hydrogen-bond donors (Lipinski definition) is 0. The van der Waals surface area contributed by atoms with Crippen LogP contribution in [0.4, 0.5) is 4.39 Å². The monoisotopic (exact) mass is 252 g/mol. The Morgan fingerprint density at radius 3 is 2.83 bits per heavy atom. The van der Waals surface area contributed by atoms with Crippen LogP contribution in [0.2, 0.25) is 0 Å². The van der Waals surface area contributed by atoms with Gasteiger partial charge in [0.15, 0.2) is 11.6 Å². The molecule has 1 saturated heterocycles. The summed E-state index contributed by atoms with van der Waals surface area (Å²) < 4.78 is 24.6. The van der Waals surface area contributed by atoms with Crippen LogP contribution in [-0.2, 0) is 16.0 Å². The van der Waals surface area contributed by atoms with Gasteiger partial charge in [0, 0.05) is 19.3 Å². The molecule has 1 aliphatic heterocycles. The van der Waals surface area contributed by atoms with Gasteiger partial charge in [0.25, 0.3) is 0 Å². The number of aryl methyl sites for hydroxylation is 1. The number of halogens is 1. The first kappa shape index (κ1) is 13.0. The molecule has 18 heavy (non-hydrogen) atoms. The zero-order valence-corrected chi connectivity index (χ0v) is 10.2. The number of carbonyl (C=O) groups is 1. The summed E-state index contributed by atoms with van der Waals surface area (Å²) >= 11 is 0. The van der Waals surface area contributed by atoms with Crippen molar-refractivity contribution in [2.75, 3.05) is 13.2 Å². The van der Waals surface area contributed by atoms with Crippen LogP contribution in [0.5, 0.6) is 5.75 Å². The number of ether oxygens (including phenoxy) is 2. The van der Waals surface area contributed by atoms with Gasteiger partial charge < -0.3 is 14.3 Å². The van der Waals surface area contributed by atoms with Crippen LogP contribution in [0.1, 0.15) is 24.8 Å². The minimum atomic E-state index is -0.357. The van der Waals surface area contributed by atoms with Crippen molar-refractivity contribution in [3.8, 4) is 5.75 Å². The van der Waals surface area contributed by atoms with Gasteiger partial charge in [0.05, 0.1) is 13.2 Å². The highest BCUT2D eigenvalue weighted by molar-refractivity contribution is 5.50. The molecule has 1 fully saturated rings. The highest BCUT2D eigenvalue weighted by Gasteiger charge is 2.17. The Morgan fingerprint density at radius 1 is 1.39 bits per heavy atom. The number of rotatable bonds is 5. The average molecular weight is 252 g/mol. The SMILES string of the molecule is O=CCCc1ccc(OC2CCOCC2)c(F)c1. The van der Waals surface area contributed by atoms with Crippen molar-refractivity contribution in [3.05, 3.63) is 29.6 Å². The molecule has 0 aromatic heterocycles. The largest absolute Gasteiger partial charge is 0.487 e. The Bertz CT molecular complexity index is 400. The van der Waals surface area contributed by atoms with Crippen LogP contribution in [0, 0.1) is 5.82 Å². The first-order chi connectivity index (χ1) is 8.79. The molecule has 98 valence electrons. The first-order valence-electron chi connectivity index (χ1n) is 6.26. The fraction of sp³-hybridized carbons (Fsp3) is 0.500. The lowest BCUT2D eigenvalue weighted by Crippen LogP contribution is -2.26. The van der Waals surface area contributed by atoms with Crippen LogP contribution in [-0.4, -0.2) is 25.6 Å². The Labute approximate surface area is 106 Å². The first-order valence-corrected chi connectivity index (χ1v) is 6.26. The second-order valence-corrected chi connectivity index (χ2v) is 4.40. The second kappa shape index (κ2) is 6.50. The maximum atomic E-state index is 13.8. The number of carbonyl (C=O) groups excluding carboxylic acids is 1. The molecular formula is C14H17FO3. The van der Waals surface area contributed by atoms with Gasteiger partial charge in [-0.15, -0.1) is 0 Å². The van der Waals surface area contributed by atoms with Gasteiger partial charge in [-0.2, -0.15) is 0 Å². The van der Waals surface area contributed by atoms with Crippen molar-refractivity contribution in [2.24, 2.45) is 0 Å². The summed E-state index contributed by atoms with van der Waals surface area (Å²) in [5, 5.41) is 0. The maximum absolute atomic E-state index is 13.8. The molecule has 1 heterocycles. The van der Waals surface area contributed by atoms with Crippen molar-refractivity contribution in [2.45, 2.75) is 31.8 Å². The molecule has 0 amide bonds. The smallest absolute Gasteiger partial charge is 0.165 e. The molecule has 1 aliphatic rings. The molecule has 3 nitrogen and oxygen atoms in total. The van der Waals surface area contributed by atoms with Gasteiger partial charge in [0.2, 0.25) is 0 Å². The fourth-order valence-electron chi connectivity index (χ4n) is 1.99. The lowest BCUT2D eigenvalue weighted by atomic mass is 10.1. The summed E-state index contributed by atoms with van der Waals surface area (Å²) in [7, 11) is 0. The summed E-state index contributed by atoms with van der Waals surface area (Å²) in [4.78, 5) is 10.3. The lowest BCUT2D eigenvalue weighted by molar-refractivity contribution is -0.107. The van der Waals surface area contributed by atoms with E-state index in [1.165, 1.54) is 6.07 Å². The number of benzene rings is 1. The van der Waals surface area contributed by atoms with Gasteiger partial charge in [0.1, 0.15) is 12.4 Å².